The number of nitrogens with zero attached hydrogens (tertiary/aromatic N) is 2. The molecule has 39 heavy (non-hydrogen) atoms. The molecular weight excluding hydrogens is 541 g/mol. The van der Waals surface area contributed by atoms with Crippen molar-refractivity contribution in [2.24, 2.45) is 15.8 Å². The van der Waals surface area contributed by atoms with Gasteiger partial charge in [0.15, 0.2) is 0 Å². The Hall–Kier alpha value is -4.54. The number of hydrogen-bond donors (Lipinski definition) is 7. The molecular formula is C27H31N9NiO2. The van der Waals surface area contributed by atoms with E-state index in [1.165, 1.54) is 0 Å². The molecule has 8 N–H and O–H groups in total. The van der Waals surface area contributed by atoms with Crippen LogP contribution >= 0.6 is 0 Å². The van der Waals surface area contributed by atoms with Crippen molar-refractivity contribution in [2.75, 3.05) is 35.4 Å². The number of hydrogen-bond acceptors (Lipinski definition) is 6. The van der Waals surface area contributed by atoms with Crippen molar-refractivity contribution < 1.29 is 24.6 Å². The SMILES string of the molecule is CN=C(NC)c1ccc(NC(=O)Nc2cc(NC(=O)Nc3cccc(/C(C)=N/N[C](N)=[Ni])c3)ccc2C)cc1. The summed E-state index contributed by atoms with van der Waals surface area (Å²) in [5.41, 5.74) is 13.4. The number of carbonyl (C=O) groups excluding carboxylic acids is 2. The number of aliphatic imine (C=N–C) groups is 1. The molecule has 0 aliphatic rings. The Morgan fingerprint density at radius 1 is 0.821 bits per heavy atom. The van der Waals surface area contributed by atoms with E-state index in [1.807, 2.05) is 25.1 Å². The average molecular weight is 572 g/mol. The molecule has 0 aromatic heterocycles. The number of nitrogens with one attached hydrogen (secondary N) is 6. The van der Waals surface area contributed by atoms with Crippen LogP contribution in [0.3, 0.4) is 0 Å². The smallest absolute Gasteiger partial charge is 0.0552 e. The quantitative estimate of drug-likeness (QED) is 0.0947. The maximum absolute atomic E-state index is 12.6. The van der Waals surface area contributed by atoms with Gasteiger partial charge in [0.2, 0.25) is 0 Å². The van der Waals surface area contributed by atoms with Crippen LogP contribution in [0.4, 0.5) is 32.3 Å². The van der Waals surface area contributed by atoms with Gasteiger partial charge in [-0.05, 0) is 36.8 Å². The van der Waals surface area contributed by atoms with E-state index in [0.717, 1.165) is 22.5 Å². The van der Waals surface area contributed by atoms with Crippen molar-refractivity contribution in [3.63, 3.8) is 0 Å². The van der Waals surface area contributed by atoms with Crippen LogP contribution in [-0.4, -0.2) is 42.4 Å². The van der Waals surface area contributed by atoms with Gasteiger partial charge >= 0.3 is 129 Å². The summed E-state index contributed by atoms with van der Waals surface area (Å²) in [6.07, 6.45) is 0. The normalized spacial score (nSPS) is 11.4. The van der Waals surface area contributed by atoms with E-state index in [1.54, 1.807) is 69.6 Å². The van der Waals surface area contributed by atoms with Gasteiger partial charge in [-0.1, -0.05) is 6.07 Å². The minimum atomic E-state index is -0.444. The zero-order valence-electron chi connectivity index (χ0n) is 22.0. The maximum atomic E-state index is 12.6. The molecule has 3 aromatic carbocycles. The molecule has 0 unspecified atom stereocenters. The summed E-state index contributed by atoms with van der Waals surface area (Å²) in [5, 5.41) is 18.3. The first-order valence-corrected chi connectivity index (χ1v) is 12.3. The number of nitrogens with two attached hydrogens (primary N) is 1. The van der Waals surface area contributed by atoms with Crippen LogP contribution in [-0.2, 0) is 15.0 Å². The Bertz CT molecular complexity index is 1420. The predicted octanol–water partition coefficient (Wildman–Crippen LogP) is 3.79. The summed E-state index contributed by atoms with van der Waals surface area (Å²) >= 11 is 4.45. The third-order valence-corrected chi connectivity index (χ3v) is 5.59. The fourth-order valence-electron chi connectivity index (χ4n) is 3.53. The van der Waals surface area contributed by atoms with Crippen LogP contribution in [0, 0.1) is 6.92 Å². The molecule has 0 aliphatic heterocycles. The van der Waals surface area contributed by atoms with Crippen molar-refractivity contribution >= 4 is 51.1 Å². The molecule has 3 rings (SSSR count). The van der Waals surface area contributed by atoms with Crippen LogP contribution in [0.25, 0.3) is 0 Å². The van der Waals surface area contributed by atoms with Crippen molar-refractivity contribution in [2.45, 2.75) is 13.8 Å². The van der Waals surface area contributed by atoms with Gasteiger partial charge in [-0.3, -0.25) is 4.99 Å². The molecule has 0 saturated carbocycles. The standard InChI is InChI=1S/C27H31N9O2.Ni/c1-17-8-11-23(34-26(37)33-22-7-5-6-20(14-22)18(2)36-31-16-28)15-24(17)35-27(38)32-21-12-9-19(10-13-21)25(29-3)30-4;/h5-15,31H,28H2,1-4H3,(H,29,30)(H2,32,35,38)(H2,33,34,37);/b36-18+;. The van der Waals surface area contributed by atoms with E-state index in [0.29, 0.717) is 28.5 Å². The number of rotatable bonds is 8. The Morgan fingerprint density at radius 2 is 1.44 bits per heavy atom. The monoisotopic (exact) mass is 571 g/mol. The van der Waals surface area contributed by atoms with Crippen LogP contribution < -0.4 is 37.7 Å². The molecule has 12 heteroatoms. The molecule has 0 fully saturated rings. The van der Waals surface area contributed by atoms with E-state index in [2.05, 4.69) is 57.1 Å². The third-order valence-electron chi connectivity index (χ3n) is 5.48. The van der Waals surface area contributed by atoms with Crippen LogP contribution in [0.2, 0.25) is 0 Å². The van der Waals surface area contributed by atoms with Crippen molar-refractivity contribution in [3.8, 4) is 0 Å². The molecule has 206 valence electrons. The Labute approximate surface area is 234 Å². The molecule has 0 atom stereocenters. The molecule has 4 amide bonds. The second-order valence-electron chi connectivity index (χ2n) is 8.29. The number of aryl methyl sites for hydroxylation is 1. The molecule has 0 saturated heterocycles. The van der Waals surface area contributed by atoms with E-state index in [4.69, 9.17) is 5.73 Å². The Kier molecular flexibility index (Phi) is 10.3. The van der Waals surface area contributed by atoms with Gasteiger partial charge in [-0.15, -0.1) is 0 Å². The second kappa shape index (κ2) is 13.8. The van der Waals surface area contributed by atoms with Gasteiger partial charge in [-0.25, -0.2) is 4.79 Å². The van der Waals surface area contributed by atoms with E-state index >= 15 is 0 Å². The van der Waals surface area contributed by atoms with Gasteiger partial charge in [0.25, 0.3) is 0 Å². The van der Waals surface area contributed by atoms with Crippen LogP contribution in [0.15, 0.2) is 76.8 Å². The number of urea groups is 2. The number of amidine groups is 1. The first-order valence-electron chi connectivity index (χ1n) is 11.9. The van der Waals surface area contributed by atoms with Gasteiger partial charge in [-0.2, -0.15) is 0 Å². The summed E-state index contributed by atoms with van der Waals surface area (Å²) in [7, 11) is 3.50. The summed E-state index contributed by atoms with van der Waals surface area (Å²) in [4.78, 5) is 29.4. The minimum Gasteiger partial charge on any atom is -0.0552 e. The molecule has 0 radical (unpaired) electrons. The second-order valence-corrected chi connectivity index (χ2v) is 8.82. The van der Waals surface area contributed by atoms with Gasteiger partial charge in [0, 0.05) is 31.0 Å². The number of carbonyl (C=O) groups is 2. The number of hydrazone groups is 1. The molecule has 0 heterocycles. The Balaban J connectivity index is 1.62. The number of anilines is 4. The molecule has 0 aliphatic carbocycles. The summed E-state index contributed by atoms with van der Waals surface area (Å²) in [5.74, 6) is 0.747. The van der Waals surface area contributed by atoms with Crippen molar-refractivity contribution in [1.82, 2.24) is 10.7 Å². The van der Waals surface area contributed by atoms with Gasteiger partial charge in [0.05, 0.1) is 0 Å². The van der Waals surface area contributed by atoms with Gasteiger partial charge in [0.1, 0.15) is 5.84 Å². The van der Waals surface area contributed by atoms with Crippen LogP contribution in [0.5, 0.6) is 0 Å². The number of amides is 4. The fraction of sp³-hybridized carbons (Fsp3) is 0.148. The van der Waals surface area contributed by atoms with Crippen molar-refractivity contribution in [1.29, 1.82) is 0 Å². The molecule has 0 spiro atoms. The van der Waals surface area contributed by atoms with Crippen LogP contribution in [0.1, 0.15) is 23.6 Å². The third kappa shape index (κ3) is 8.77. The minimum absolute atomic E-state index is 0.104. The average Bonchev–Trinajstić information content (AvgIpc) is 2.91. The van der Waals surface area contributed by atoms with E-state index in [-0.39, 0.29) is 4.74 Å². The summed E-state index contributed by atoms with van der Waals surface area (Å²) < 4.78 is 0.104. The summed E-state index contributed by atoms with van der Waals surface area (Å²) in [6, 6.07) is 18.9. The van der Waals surface area contributed by atoms with E-state index in [9.17, 15) is 9.59 Å². The van der Waals surface area contributed by atoms with E-state index < -0.39 is 12.1 Å². The van der Waals surface area contributed by atoms with Crippen molar-refractivity contribution in [3.05, 3.63) is 83.4 Å². The first kappa shape index (κ1) is 29.0. The zero-order chi connectivity index (χ0) is 28.4. The molecule has 0 bridgehead atoms. The van der Waals surface area contributed by atoms with Gasteiger partial charge < -0.3 is 16.0 Å². The molecule has 3 aromatic rings. The Morgan fingerprint density at radius 3 is 2.08 bits per heavy atom. The predicted molar refractivity (Wildman–Crippen MR) is 155 cm³/mol. The molecule has 11 nitrogen and oxygen atoms in total. The topological polar surface area (TPSA) is 157 Å². The first-order chi connectivity index (χ1) is 18.7. The zero-order valence-corrected chi connectivity index (χ0v) is 22.9. The fourth-order valence-corrected chi connectivity index (χ4v) is 3.58. The summed E-state index contributed by atoms with van der Waals surface area (Å²) in [6.45, 7) is 3.65. The number of benzene rings is 3.